The molecule has 0 bridgehead atoms. The number of thioether (sulfide) groups is 1. The Morgan fingerprint density at radius 3 is 2.82 bits per heavy atom. The normalized spacial score (nSPS) is 10.2. The number of para-hydroxylation sites is 1. The highest BCUT2D eigenvalue weighted by Gasteiger charge is 2.13. The molecule has 94 valence electrons. The van der Waals surface area contributed by atoms with Crippen molar-refractivity contribution in [1.82, 2.24) is 0 Å². The van der Waals surface area contributed by atoms with Gasteiger partial charge in [0, 0.05) is 4.90 Å². The zero-order chi connectivity index (χ0) is 12.7. The van der Waals surface area contributed by atoms with Crippen molar-refractivity contribution < 1.29 is 9.53 Å². The number of rotatable bonds is 6. The van der Waals surface area contributed by atoms with Gasteiger partial charge in [0.2, 0.25) is 0 Å². The van der Waals surface area contributed by atoms with Crippen LogP contribution in [0, 0.1) is 0 Å². The van der Waals surface area contributed by atoms with Crippen LogP contribution in [0.5, 0.6) is 0 Å². The van der Waals surface area contributed by atoms with Crippen LogP contribution in [0.25, 0.3) is 0 Å². The maximum atomic E-state index is 11.6. The van der Waals surface area contributed by atoms with Gasteiger partial charge in [-0.1, -0.05) is 19.4 Å². The Morgan fingerprint density at radius 1 is 1.41 bits per heavy atom. The molecular weight excluding hydrogens is 234 g/mol. The molecule has 0 spiro atoms. The summed E-state index contributed by atoms with van der Waals surface area (Å²) in [4.78, 5) is 12.6. The minimum atomic E-state index is -0.344. The number of esters is 1. The molecule has 1 aromatic rings. The van der Waals surface area contributed by atoms with Crippen LogP contribution in [0.3, 0.4) is 0 Å². The molecule has 0 aromatic heterocycles. The van der Waals surface area contributed by atoms with Crippen LogP contribution in [-0.2, 0) is 4.74 Å². The van der Waals surface area contributed by atoms with Gasteiger partial charge in [-0.3, -0.25) is 0 Å². The molecule has 0 saturated carbocycles. The average molecular weight is 253 g/mol. The number of carbonyl (C=O) groups excluding carboxylic acids is 1. The van der Waals surface area contributed by atoms with Crippen LogP contribution in [-0.4, -0.2) is 18.3 Å². The van der Waals surface area contributed by atoms with E-state index in [0.717, 1.165) is 23.5 Å². The van der Waals surface area contributed by atoms with Crippen molar-refractivity contribution in [2.45, 2.75) is 31.6 Å². The van der Waals surface area contributed by atoms with E-state index in [-0.39, 0.29) is 5.97 Å². The molecule has 0 amide bonds. The Bertz CT molecular complexity index is 380. The van der Waals surface area contributed by atoms with Gasteiger partial charge in [-0.2, -0.15) is 0 Å². The summed E-state index contributed by atoms with van der Waals surface area (Å²) < 4.78 is 4.96. The SMILES string of the molecule is CCCCSc1cccc(C(=O)OCC)c1N. The Morgan fingerprint density at radius 2 is 2.18 bits per heavy atom. The molecule has 3 nitrogen and oxygen atoms in total. The van der Waals surface area contributed by atoms with Crippen LogP contribution in [0.4, 0.5) is 5.69 Å². The maximum Gasteiger partial charge on any atom is 0.340 e. The van der Waals surface area contributed by atoms with Crippen molar-refractivity contribution in [3.05, 3.63) is 23.8 Å². The molecular formula is C13H19NO2S. The van der Waals surface area contributed by atoms with Gasteiger partial charge in [-0.05, 0) is 31.2 Å². The quantitative estimate of drug-likeness (QED) is 0.365. The molecule has 0 atom stereocenters. The molecule has 17 heavy (non-hydrogen) atoms. The minimum absolute atomic E-state index is 0.344. The van der Waals surface area contributed by atoms with Crippen LogP contribution in [0.1, 0.15) is 37.0 Å². The third kappa shape index (κ3) is 3.97. The van der Waals surface area contributed by atoms with E-state index >= 15 is 0 Å². The van der Waals surface area contributed by atoms with Crippen LogP contribution in [0.15, 0.2) is 23.1 Å². The zero-order valence-corrected chi connectivity index (χ0v) is 11.2. The highest BCUT2D eigenvalue weighted by Crippen LogP contribution is 2.28. The molecule has 0 saturated heterocycles. The number of hydrogen-bond donors (Lipinski definition) is 1. The molecule has 4 heteroatoms. The first-order chi connectivity index (χ1) is 8.20. The molecule has 1 rings (SSSR count). The largest absolute Gasteiger partial charge is 0.462 e. The summed E-state index contributed by atoms with van der Waals surface area (Å²) in [6, 6.07) is 5.49. The average Bonchev–Trinajstić information content (AvgIpc) is 2.32. The van der Waals surface area contributed by atoms with E-state index in [1.807, 2.05) is 12.1 Å². The predicted molar refractivity (Wildman–Crippen MR) is 72.4 cm³/mol. The fraction of sp³-hybridized carbons (Fsp3) is 0.462. The number of carbonyl (C=O) groups is 1. The maximum absolute atomic E-state index is 11.6. The number of anilines is 1. The van der Waals surface area contributed by atoms with E-state index in [0.29, 0.717) is 17.9 Å². The summed E-state index contributed by atoms with van der Waals surface area (Å²) in [7, 11) is 0. The summed E-state index contributed by atoms with van der Waals surface area (Å²) >= 11 is 1.69. The van der Waals surface area contributed by atoms with Crippen molar-refractivity contribution in [3.63, 3.8) is 0 Å². The highest BCUT2D eigenvalue weighted by molar-refractivity contribution is 7.99. The number of unbranched alkanes of at least 4 members (excludes halogenated alkanes) is 1. The first kappa shape index (κ1) is 13.9. The second kappa shape index (κ2) is 7.22. The lowest BCUT2D eigenvalue weighted by Gasteiger charge is -2.09. The third-order valence-electron chi connectivity index (χ3n) is 2.32. The summed E-state index contributed by atoms with van der Waals surface area (Å²) in [5, 5.41) is 0. The summed E-state index contributed by atoms with van der Waals surface area (Å²) in [5.41, 5.74) is 6.98. The van der Waals surface area contributed by atoms with Gasteiger partial charge in [0.25, 0.3) is 0 Å². The molecule has 0 aliphatic rings. The molecule has 0 aliphatic heterocycles. The highest BCUT2D eigenvalue weighted by atomic mass is 32.2. The minimum Gasteiger partial charge on any atom is -0.462 e. The van der Waals surface area contributed by atoms with Crippen molar-refractivity contribution in [3.8, 4) is 0 Å². The van der Waals surface area contributed by atoms with Crippen molar-refractivity contribution in [1.29, 1.82) is 0 Å². The van der Waals surface area contributed by atoms with Gasteiger partial charge in [-0.15, -0.1) is 11.8 Å². The Labute approximate surface area is 107 Å². The Balaban J connectivity index is 2.79. The Hall–Kier alpha value is -1.16. The summed E-state index contributed by atoms with van der Waals surface area (Å²) in [5.74, 6) is 0.676. The van der Waals surface area contributed by atoms with E-state index < -0.39 is 0 Å². The smallest absolute Gasteiger partial charge is 0.340 e. The summed E-state index contributed by atoms with van der Waals surface area (Å²) in [6.07, 6.45) is 2.30. The number of nitrogen functional groups attached to an aromatic ring is 1. The number of nitrogens with two attached hydrogens (primary N) is 1. The second-order valence-electron chi connectivity index (χ2n) is 3.64. The molecule has 0 aliphatic carbocycles. The van der Waals surface area contributed by atoms with Crippen molar-refractivity contribution in [2.75, 3.05) is 18.1 Å². The topological polar surface area (TPSA) is 52.3 Å². The Kier molecular flexibility index (Phi) is 5.91. The second-order valence-corrected chi connectivity index (χ2v) is 4.78. The fourth-order valence-electron chi connectivity index (χ4n) is 1.38. The van der Waals surface area contributed by atoms with Crippen LogP contribution < -0.4 is 5.73 Å². The molecule has 2 N–H and O–H groups in total. The summed E-state index contributed by atoms with van der Waals surface area (Å²) in [6.45, 7) is 4.30. The lowest BCUT2D eigenvalue weighted by molar-refractivity contribution is 0.0527. The molecule has 0 radical (unpaired) electrons. The first-order valence-electron chi connectivity index (χ1n) is 5.89. The van der Waals surface area contributed by atoms with E-state index in [2.05, 4.69) is 6.92 Å². The van der Waals surface area contributed by atoms with Crippen LogP contribution in [0.2, 0.25) is 0 Å². The zero-order valence-electron chi connectivity index (χ0n) is 10.4. The van der Waals surface area contributed by atoms with Crippen molar-refractivity contribution in [2.24, 2.45) is 0 Å². The van der Waals surface area contributed by atoms with Gasteiger partial charge >= 0.3 is 5.97 Å². The molecule has 1 aromatic carbocycles. The molecule has 0 unspecified atom stereocenters. The van der Waals surface area contributed by atoms with E-state index in [4.69, 9.17) is 10.5 Å². The van der Waals surface area contributed by atoms with E-state index in [9.17, 15) is 4.79 Å². The molecule has 0 fully saturated rings. The monoisotopic (exact) mass is 253 g/mol. The number of ether oxygens (including phenoxy) is 1. The number of benzene rings is 1. The molecule has 0 heterocycles. The number of hydrogen-bond acceptors (Lipinski definition) is 4. The van der Waals surface area contributed by atoms with Gasteiger partial charge < -0.3 is 10.5 Å². The van der Waals surface area contributed by atoms with Gasteiger partial charge in [0.1, 0.15) is 0 Å². The first-order valence-corrected chi connectivity index (χ1v) is 6.87. The van der Waals surface area contributed by atoms with E-state index in [1.54, 1.807) is 24.8 Å². The van der Waals surface area contributed by atoms with Gasteiger partial charge in [0.05, 0.1) is 17.9 Å². The van der Waals surface area contributed by atoms with Crippen molar-refractivity contribution >= 4 is 23.4 Å². The lowest BCUT2D eigenvalue weighted by Crippen LogP contribution is -2.08. The van der Waals surface area contributed by atoms with Gasteiger partial charge in [-0.25, -0.2) is 4.79 Å². The standard InChI is InChI=1S/C13H19NO2S/c1-3-5-9-17-11-8-6-7-10(12(11)14)13(15)16-4-2/h6-8H,3-5,9,14H2,1-2H3. The third-order valence-corrected chi connectivity index (χ3v) is 3.48. The van der Waals surface area contributed by atoms with E-state index in [1.165, 1.54) is 0 Å². The lowest BCUT2D eigenvalue weighted by atomic mass is 10.2. The van der Waals surface area contributed by atoms with Gasteiger partial charge in [0.15, 0.2) is 0 Å². The predicted octanol–water partition coefficient (Wildman–Crippen LogP) is 3.34. The fourth-order valence-corrected chi connectivity index (χ4v) is 2.48. The van der Waals surface area contributed by atoms with Crippen LogP contribution >= 0.6 is 11.8 Å².